The lowest BCUT2D eigenvalue weighted by Gasteiger charge is -2.60. The Bertz CT molecular complexity index is 1170. The van der Waals surface area contributed by atoms with Gasteiger partial charge in [0.25, 0.3) is 0 Å². The van der Waals surface area contributed by atoms with Gasteiger partial charge in [0.05, 0.1) is 12.6 Å². The van der Waals surface area contributed by atoms with Crippen LogP contribution in [-0.4, -0.2) is 76.1 Å². The summed E-state index contributed by atoms with van der Waals surface area (Å²) in [5, 5.41) is 23.8. The Morgan fingerprint density at radius 1 is 1.18 bits per heavy atom. The minimum Gasteiger partial charge on any atom is -0.393 e. The van der Waals surface area contributed by atoms with Gasteiger partial charge in [0, 0.05) is 49.1 Å². The molecule has 2 heterocycles. The van der Waals surface area contributed by atoms with Gasteiger partial charge in [-0.2, -0.15) is 0 Å². The highest BCUT2D eigenvalue weighted by atomic mass is 16.3. The number of ketones is 2. The molecule has 3 unspecified atom stereocenters. The minimum atomic E-state index is -1.43. The molecule has 2 N–H and O–H groups in total. The van der Waals surface area contributed by atoms with E-state index in [9.17, 15) is 19.8 Å². The van der Waals surface area contributed by atoms with E-state index >= 15 is 0 Å². The number of allylic oxidation sites excluding steroid dienone is 4. The van der Waals surface area contributed by atoms with E-state index in [4.69, 9.17) is 0 Å². The molecule has 1 aromatic heterocycles. The van der Waals surface area contributed by atoms with Gasteiger partial charge in [-0.1, -0.05) is 38.5 Å². The number of carbonyl (C=O) groups is 2. The molecule has 1 aliphatic heterocycles. The number of aliphatic hydroxyl groups excluding tert-OH is 1. The summed E-state index contributed by atoms with van der Waals surface area (Å²) < 4.78 is 0. The Labute approximate surface area is 225 Å². The van der Waals surface area contributed by atoms with Crippen molar-refractivity contribution >= 4 is 17.4 Å². The van der Waals surface area contributed by atoms with Crippen LogP contribution in [0.1, 0.15) is 46.5 Å². The van der Waals surface area contributed by atoms with Crippen LogP contribution in [0.3, 0.4) is 0 Å². The third-order valence-corrected chi connectivity index (χ3v) is 11.1. The van der Waals surface area contributed by atoms with Gasteiger partial charge in [0.15, 0.2) is 11.6 Å². The summed E-state index contributed by atoms with van der Waals surface area (Å²) in [6.45, 7) is 9.75. The van der Waals surface area contributed by atoms with Gasteiger partial charge in [0.2, 0.25) is 0 Å². The topological polar surface area (TPSA) is 94.0 Å². The van der Waals surface area contributed by atoms with Crippen LogP contribution in [-0.2, 0) is 9.59 Å². The van der Waals surface area contributed by atoms with E-state index in [1.807, 2.05) is 24.3 Å². The van der Waals surface area contributed by atoms with Crippen LogP contribution in [0.25, 0.3) is 0 Å². The summed E-state index contributed by atoms with van der Waals surface area (Å²) in [7, 11) is 0. The number of hydrogen-bond acceptors (Lipinski definition) is 7. The number of hydrogen-bond donors (Lipinski definition) is 2. The second-order valence-corrected chi connectivity index (χ2v) is 13.0. The van der Waals surface area contributed by atoms with Crippen molar-refractivity contribution in [2.75, 3.05) is 37.6 Å². The molecule has 0 aromatic carbocycles. The SMILES string of the molecule is C[C@H]1CC2C([C@@H](O)C[C@@]3(C)C2CC[C@]3(O)C(=O)CN2CCN(c3ccccn3)CC2)[C@@]2(C)C=CC(=O)C=C12. The highest BCUT2D eigenvalue weighted by Crippen LogP contribution is 2.67. The highest BCUT2D eigenvalue weighted by Gasteiger charge is 2.68. The van der Waals surface area contributed by atoms with Gasteiger partial charge < -0.3 is 15.1 Å². The molecule has 1 aromatic rings. The van der Waals surface area contributed by atoms with Crippen LogP contribution >= 0.6 is 0 Å². The van der Waals surface area contributed by atoms with Crippen molar-refractivity contribution in [1.82, 2.24) is 9.88 Å². The van der Waals surface area contributed by atoms with E-state index < -0.39 is 17.1 Å². The van der Waals surface area contributed by atoms with Crippen molar-refractivity contribution in [2.45, 2.75) is 58.2 Å². The molecular weight excluding hydrogens is 478 g/mol. The summed E-state index contributed by atoms with van der Waals surface area (Å²) in [6.07, 6.45) is 9.15. The number of Topliss-reactive ketones (excluding diaryl/α,β-unsaturated/α-hetero) is 1. The molecule has 8 atom stereocenters. The van der Waals surface area contributed by atoms with Crippen LogP contribution in [0.4, 0.5) is 5.82 Å². The first-order valence-electron chi connectivity index (χ1n) is 14.3. The zero-order valence-electron chi connectivity index (χ0n) is 22.8. The average molecular weight is 520 g/mol. The van der Waals surface area contributed by atoms with E-state index in [-0.39, 0.29) is 47.2 Å². The summed E-state index contributed by atoms with van der Waals surface area (Å²) in [5.74, 6) is 1.46. The summed E-state index contributed by atoms with van der Waals surface area (Å²) in [4.78, 5) is 34.9. The van der Waals surface area contributed by atoms with Gasteiger partial charge in [-0.05, 0) is 67.7 Å². The number of piperazine rings is 1. The second-order valence-electron chi connectivity index (χ2n) is 13.0. The van der Waals surface area contributed by atoms with Crippen LogP contribution in [0.15, 0.2) is 48.2 Å². The molecule has 0 radical (unpaired) electrons. The molecule has 0 bridgehead atoms. The van der Waals surface area contributed by atoms with E-state index in [1.54, 1.807) is 18.3 Å². The van der Waals surface area contributed by atoms with Crippen molar-refractivity contribution in [3.63, 3.8) is 0 Å². The fourth-order valence-corrected chi connectivity index (χ4v) is 9.22. The normalized spacial score (nSPS) is 42.8. The van der Waals surface area contributed by atoms with Crippen LogP contribution in [0, 0.1) is 34.5 Å². The Balaban J connectivity index is 1.19. The first-order valence-corrected chi connectivity index (χ1v) is 14.3. The van der Waals surface area contributed by atoms with Gasteiger partial charge >= 0.3 is 0 Å². The largest absolute Gasteiger partial charge is 0.393 e. The predicted molar refractivity (Wildman–Crippen MR) is 145 cm³/mol. The molecule has 7 heteroatoms. The lowest BCUT2D eigenvalue weighted by Crippen LogP contribution is -2.63. The predicted octanol–water partition coefficient (Wildman–Crippen LogP) is 3.03. The van der Waals surface area contributed by atoms with E-state index in [2.05, 4.69) is 35.6 Å². The number of nitrogens with zero attached hydrogens (tertiary/aromatic N) is 3. The number of aromatic nitrogens is 1. The Kier molecular flexibility index (Phi) is 6.21. The third kappa shape index (κ3) is 3.76. The van der Waals surface area contributed by atoms with Gasteiger partial charge in [-0.25, -0.2) is 4.98 Å². The molecular formula is C31H41N3O4. The van der Waals surface area contributed by atoms with Crippen molar-refractivity contribution < 1.29 is 19.8 Å². The number of aliphatic hydroxyl groups is 2. The Morgan fingerprint density at radius 2 is 1.95 bits per heavy atom. The number of pyridine rings is 1. The van der Waals surface area contributed by atoms with Crippen LogP contribution in [0.2, 0.25) is 0 Å². The average Bonchev–Trinajstić information content (AvgIpc) is 3.17. The van der Waals surface area contributed by atoms with Gasteiger partial charge in [-0.3, -0.25) is 14.5 Å². The molecule has 4 fully saturated rings. The monoisotopic (exact) mass is 519 g/mol. The summed E-state index contributed by atoms with van der Waals surface area (Å²) >= 11 is 0. The maximum Gasteiger partial charge on any atom is 0.178 e. The minimum absolute atomic E-state index is 0.00972. The molecule has 5 aliphatic rings. The van der Waals surface area contributed by atoms with E-state index in [0.29, 0.717) is 12.8 Å². The second kappa shape index (κ2) is 9.10. The summed E-state index contributed by atoms with van der Waals surface area (Å²) in [5.41, 5.74) is -1.33. The van der Waals surface area contributed by atoms with Gasteiger partial charge in [0.1, 0.15) is 11.4 Å². The van der Waals surface area contributed by atoms with Crippen molar-refractivity contribution in [1.29, 1.82) is 0 Å². The van der Waals surface area contributed by atoms with E-state index in [0.717, 1.165) is 50.4 Å². The molecule has 7 nitrogen and oxygen atoms in total. The molecule has 6 rings (SSSR count). The fourth-order valence-electron chi connectivity index (χ4n) is 9.22. The summed E-state index contributed by atoms with van der Waals surface area (Å²) in [6, 6.07) is 5.91. The number of carbonyl (C=O) groups excluding carboxylic acids is 2. The standard InChI is InChI=1S/C31H41N3O4/c1-20-16-22-23-8-10-31(38,26(37)19-33-12-14-34(15-13-33)27-6-4-5-11-32-27)30(23,3)18-25(36)28(22)29(2)9-7-21(35)17-24(20)29/h4-7,9,11,17,20,22-23,25,28,36,38H,8,10,12-16,18-19H2,1-3H3/t20-,22?,23?,25-,28?,29-,30-,31-/m0/s1. The Morgan fingerprint density at radius 3 is 2.66 bits per heavy atom. The molecule has 0 amide bonds. The first kappa shape index (κ1) is 25.9. The third-order valence-electron chi connectivity index (χ3n) is 11.1. The maximum absolute atomic E-state index is 13.8. The lowest BCUT2D eigenvalue weighted by molar-refractivity contribution is -0.179. The van der Waals surface area contributed by atoms with E-state index in [1.165, 1.54) is 0 Å². The lowest BCUT2D eigenvalue weighted by atomic mass is 9.45. The molecule has 4 aliphatic carbocycles. The smallest absolute Gasteiger partial charge is 0.178 e. The fraction of sp³-hybridized carbons (Fsp3) is 0.645. The molecule has 38 heavy (non-hydrogen) atoms. The number of anilines is 1. The van der Waals surface area contributed by atoms with Gasteiger partial charge in [-0.15, -0.1) is 0 Å². The molecule has 204 valence electrons. The van der Waals surface area contributed by atoms with Crippen LogP contribution in [0.5, 0.6) is 0 Å². The number of fused-ring (bicyclic) bond motifs is 5. The molecule has 0 spiro atoms. The van der Waals surface area contributed by atoms with Crippen molar-refractivity contribution in [3.05, 3.63) is 48.2 Å². The quantitative estimate of drug-likeness (QED) is 0.632. The maximum atomic E-state index is 13.8. The van der Waals surface area contributed by atoms with Crippen molar-refractivity contribution in [2.24, 2.45) is 34.5 Å². The number of rotatable bonds is 4. The molecule has 1 saturated heterocycles. The molecule has 3 saturated carbocycles. The zero-order valence-corrected chi connectivity index (χ0v) is 22.8. The zero-order chi connectivity index (χ0) is 26.9. The van der Waals surface area contributed by atoms with Crippen LogP contribution < -0.4 is 4.90 Å². The Hall–Kier alpha value is -2.35. The van der Waals surface area contributed by atoms with Crippen molar-refractivity contribution in [3.8, 4) is 0 Å². The first-order chi connectivity index (χ1) is 18.1. The highest BCUT2D eigenvalue weighted by molar-refractivity contribution is 6.01.